The molecule has 9 nitrogen and oxygen atoms in total. The number of nitrogens with zero attached hydrogens (tertiary/aromatic N) is 3. The number of carbonyl (C=O) groups is 1. The first kappa shape index (κ1) is 24.5. The normalized spacial score (nSPS) is 14.9. The Hall–Kier alpha value is -3.19. The average Bonchev–Trinajstić information content (AvgIpc) is 2.78. The highest BCUT2D eigenvalue weighted by Crippen LogP contribution is 2.31. The molecule has 1 N–H and O–H groups in total. The van der Waals surface area contributed by atoms with Crippen molar-refractivity contribution in [2.45, 2.75) is 17.5 Å². The highest BCUT2D eigenvalue weighted by Gasteiger charge is 2.31. The smallest absolute Gasteiger partial charge is 0.368 e. The number of nitro benzene ring substituents is 1. The van der Waals surface area contributed by atoms with Gasteiger partial charge in [-0.3, -0.25) is 14.9 Å². The third kappa shape index (κ3) is 6.20. The number of sulfonamides is 1. The molecule has 0 aliphatic carbocycles. The van der Waals surface area contributed by atoms with Crippen molar-refractivity contribution in [2.75, 3.05) is 37.6 Å². The van der Waals surface area contributed by atoms with Gasteiger partial charge in [-0.15, -0.1) is 0 Å². The van der Waals surface area contributed by atoms with Crippen molar-refractivity contribution in [3.8, 4) is 0 Å². The second-order valence-electron chi connectivity index (χ2n) is 7.31. The predicted octanol–water partition coefficient (Wildman–Crippen LogP) is 2.63. The van der Waals surface area contributed by atoms with Crippen LogP contribution < -0.4 is 9.62 Å². The van der Waals surface area contributed by atoms with Crippen LogP contribution in [0.1, 0.15) is 12.0 Å². The van der Waals surface area contributed by atoms with Crippen LogP contribution in [0.3, 0.4) is 0 Å². The molecule has 1 saturated heterocycles. The Morgan fingerprint density at radius 1 is 1.06 bits per heavy atom. The summed E-state index contributed by atoms with van der Waals surface area (Å²) in [6.07, 6.45) is -4.54. The van der Waals surface area contributed by atoms with E-state index in [1.165, 1.54) is 11.0 Å². The van der Waals surface area contributed by atoms with E-state index in [9.17, 15) is 36.5 Å². The number of benzene rings is 2. The number of anilines is 1. The summed E-state index contributed by atoms with van der Waals surface area (Å²) in [5.74, 6) is -0.287. The van der Waals surface area contributed by atoms with Crippen LogP contribution in [0.25, 0.3) is 0 Å². The Balaban J connectivity index is 1.49. The topological polar surface area (TPSA) is 113 Å². The minimum Gasteiger partial charge on any atom is -0.368 e. The van der Waals surface area contributed by atoms with Gasteiger partial charge >= 0.3 is 6.18 Å². The zero-order valence-electron chi connectivity index (χ0n) is 17.3. The van der Waals surface area contributed by atoms with Gasteiger partial charge in [0.15, 0.2) is 0 Å². The summed E-state index contributed by atoms with van der Waals surface area (Å²) < 4.78 is 65.6. The van der Waals surface area contributed by atoms with Crippen LogP contribution in [-0.2, 0) is 21.0 Å². The van der Waals surface area contributed by atoms with Crippen molar-refractivity contribution in [2.24, 2.45) is 0 Å². The van der Waals surface area contributed by atoms with Gasteiger partial charge in [0.2, 0.25) is 15.9 Å². The van der Waals surface area contributed by atoms with Crippen LogP contribution in [0.5, 0.6) is 0 Å². The lowest BCUT2D eigenvalue weighted by atomic mass is 10.1. The van der Waals surface area contributed by atoms with Crippen molar-refractivity contribution in [3.63, 3.8) is 0 Å². The Morgan fingerprint density at radius 2 is 1.70 bits per heavy atom. The summed E-state index contributed by atoms with van der Waals surface area (Å²) in [5, 5.41) is 10.7. The monoisotopic (exact) mass is 486 g/mol. The molecule has 13 heteroatoms. The fourth-order valence-corrected chi connectivity index (χ4v) is 4.41. The van der Waals surface area contributed by atoms with Gasteiger partial charge in [0.05, 0.1) is 15.4 Å². The number of alkyl halides is 3. The first-order valence-corrected chi connectivity index (χ1v) is 11.4. The molecule has 0 atom stereocenters. The molecule has 1 aliphatic rings. The van der Waals surface area contributed by atoms with Gasteiger partial charge in [0.1, 0.15) is 0 Å². The molecular formula is C20H21F3N4O5S. The molecular weight excluding hydrogens is 465 g/mol. The van der Waals surface area contributed by atoms with E-state index in [2.05, 4.69) is 4.72 Å². The Kier molecular flexibility index (Phi) is 7.22. The fraction of sp³-hybridized carbons (Fsp3) is 0.350. The molecule has 2 aromatic carbocycles. The standard InChI is InChI=1S/C20H21F3N4O5S/c21-20(22,23)15-2-1-3-17(14-15)25-10-12-26(13-11-25)19(28)8-9-24-33(31,32)18-6-4-16(5-7-18)27(29)30/h1-7,14,24H,8-13H2. The Morgan fingerprint density at radius 3 is 2.27 bits per heavy atom. The van der Waals surface area contributed by atoms with Gasteiger partial charge < -0.3 is 9.80 Å². The number of nitro groups is 1. The number of non-ortho nitro benzene ring substituents is 1. The van der Waals surface area contributed by atoms with Crippen LogP contribution in [0.4, 0.5) is 24.5 Å². The molecule has 1 aliphatic heterocycles. The van der Waals surface area contributed by atoms with Gasteiger partial charge in [-0.2, -0.15) is 13.2 Å². The van der Waals surface area contributed by atoms with Crippen LogP contribution in [-0.4, -0.2) is 56.9 Å². The summed E-state index contributed by atoms with van der Waals surface area (Å²) >= 11 is 0. The highest BCUT2D eigenvalue weighted by atomic mass is 32.2. The average molecular weight is 486 g/mol. The van der Waals surface area contributed by atoms with E-state index in [1.807, 2.05) is 0 Å². The largest absolute Gasteiger partial charge is 0.416 e. The lowest BCUT2D eigenvalue weighted by molar-refractivity contribution is -0.384. The lowest BCUT2D eigenvalue weighted by Gasteiger charge is -2.36. The van der Waals surface area contributed by atoms with Gasteiger partial charge in [-0.05, 0) is 30.3 Å². The molecule has 3 rings (SSSR count). The Bertz CT molecular complexity index is 1120. The van der Waals surface area contributed by atoms with E-state index in [-0.39, 0.29) is 29.5 Å². The van der Waals surface area contributed by atoms with E-state index in [1.54, 1.807) is 11.0 Å². The second kappa shape index (κ2) is 9.75. The van der Waals surface area contributed by atoms with Gasteiger partial charge in [0, 0.05) is 57.0 Å². The summed E-state index contributed by atoms with van der Waals surface area (Å²) in [4.78, 5) is 25.6. The van der Waals surface area contributed by atoms with E-state index in [0.29, 0.717) is 31.9 Å². The van der Waals surface area contributed by atoms with Crippen molar-refractivity contribution in [1.29, 1.82) is 0 Å². The molecule has 1 fully saturated rings. The molecule has 0 radical (unpaired) electrons. The number of rotatable bonds is 7. The van der Waals surface area contributed by atoms with Crippen molar-refractivity contribution >= 4 is 27.3 Å². The molecule has 0 unspecified atom stereocenters. The van der Waals surface area contributed by atoms with E-state index >= 15 is 0 Å². The highest BCUT2D eigenvalue weighted by molar-refractivity contribution is 7.89. The Labute approximate surface area is 188 Å². The number of hydrogen-bond acceptors (Lipinski definition) is 6. The van der Waals surface area contributed by atoms with E-state index in [0.717, 1.165) is 36.4 Å². The molecule has 0 aromatic heterocycles. The van der Waals surface area contributed by atoms with Crippen LogP contribution in [0.15, 0.2) is 53.4 Å². The molecule has 0 spiro atoms. The van der Waals surface area contributed by atoms with Crippen LogP contribution >= 0.6 is 0 Å². The number of piperazine rings is 1. The first-order valence-electron chi connectivity index (χ1n) is 9.91. The van der Waals surface area contributed by atoms with Gasteiger partial charge in [-0.25, -0.2) is 13.1 Å². The summed E-state index contributed by atoms with van der Waals surface area (Å²) in [6, 6.07) is 9.36. The molecule has 33 heavy (non-hydrogen) atoms. The maximum Gasteiger partial charge on any atom is 0.416 e. The minimum absolute atomic E-state index is 0.101. The molecule has 178 valence electrons. The maximum atomic E-state index is 12.9. The number of halogens is 3. The second-order valence-corrected chi connectivity index (χ2v) is 9.08. The molecule has 1 amide bonds. The minimum atomic E-state index is -4.43. The fourth-order valence-electron chi connectivity index (χ4n) is 3.37. The van der Waals surface area contributed by atoms with Crippen LogP contribution in [0.2, 0.25) is 0 Å². The van der Waals surface area contributed by atoms with Crippen molar-refractivity contribution in [1.82, 2.24) is 9.62 Å². The number of carbonyl (C=O) groups excluding carboxylic acids is 1. The molecule has 2 aromatic rings. The molecule has 1 heterocycles. The third-order valence-corrected chi connectivity index (χ3v) is 6.64. The molecule has 0 bridgehead atoms. The zero-order valence-corrected chi connectivity index (χ0v) is 18.1. The maximum absolute atomic E-state index is 12.9. The quantitative estimate of drug-likeness (QED) is 0.476. The predicted molar refractivity (Wildman–Crippen MR) is 113 cm³/mol. The van der Waals surface area contributed by atoms with Gasteiger partial charge in [-0.1, -0.05) is 6.07 Å². The van der Waals surface area contributed by atoms with Crippen LogP contribution in [0, 0.1) is 10.1 Å². The summed E-state index contributed by atoms with van der Waals surface area (Å²) in [7, 11) is -3.93. The van der Waals surface area contributed by atoms with Gasteiger partial charge in [0.25, 0.3) is 5.69 Å². The van der Waals surface area contributed by atoms with Crippen molar-refractivity contribution in [3.05, 3.63) is 64.2 Å². The van der Waals surface area contributed by atoms with Crippen molar-refractivity contribution < 1.29 is 31.3 Å². The number of amides is 1. The lowest BCUT2D eigenvalue weighted by Crippen LogP contribution is -2.49. The first-order chi connectivity index (χ1) is 15.5. The third-order valence-electron chi connectivity index (χ3n) is 5.16. The zero-order chi connectivity index (χ0) is 24.2. The summed E-state index contributed by atoms with van der Waals surface area (Å²) in [6.45, 7) is 1.13. The number of hydrogen-bond donors (Lipinski definition) is 1. The summed E-state index contributed by atoms with van der Waals surface area (Å²) in [5.41, 5.74) is -0.556. The SMILES string of the molecule is O=C(CCNS(=O)(=O)c1ccc([N+](=O)[O-])cc1)N1CCN(c2cccc(C(F)(F)F)c2)CC1. The van der Waals surface area contributed by atoms with E-state index < -0.39 is 26.7 Å². The van der Waals surface area contributed by atoms with E-state index in [4.69, 9.17) is 0 Å². The molecule has 0 saturated carbocycles. The number of nitrogens with one attached hydrogen (secondary N) is 1.